The van der Waals surface area contributed by atoms with E-state index in [-0.39, 0.29) is 19.1 Å². The Morgan fingerprint density at radius 1 is 0.739 bits per heavy atom. The Kier molecular flexibility index (Phi) is 29.8. The number of quaternary nitrogens is 1. The van der Waals surface area contributed by atoms with Crippen LogP contribution in [0.4, 0.5) is 0 Å². The van der Waals surface area contributed by atoms with Crippen molar-refractivity contribution in [2.45, 2.75) is 180 Å². The summed E-state index contributed by atoms with van der Waals surface area (Å²) in [6.07, 6.45) is 30.6. The number of hydrogen-bond acceptors (Lipinski definition) is 6. The van der Waals surface area contributed by atoms with Crippen molar-refractivity contribution in [2.24, 2.45) is 0 Å². The van der Waals surface area contributed by atoms with Crippen LogP contribution < -0.4 is 10.2 Å². The van der Waals surface area contributed by atoms with Crippen LogP contribution in [-0.2, 0) is 18.4 Å². The van der Waals surface area contributed by atoms with Gasteiger partial charge in [0.1, 0.15) is 13.2 Å². The lowest BCUT2D eigenvalue weighted by molar-refractivity contribution is -0.870. The van der Waals surface area contributed by atoms with E-state index in [2.05, 4.69) is 31.3 Å². The molecule has 0 rings (SSSR count). The second-order valence-corrected chi connectivity index (χ2v) is 15.7. The molecule has 2 N–H and O–H groups in total. The predicted octanol–water partition coefficient (Wildman–Crippen LogP) is 9.00. The number of nitrogens with one attached hydrogen (secondary N) is 1. The highest BCUT2D eigenvalue weighted by Crippen LogP contribution is 2.38. The van der Waals surface area contributed by atoms with E-state index in [0.717, 1.165) is 51.4 Å². The molecular weight excluding hydrogens is 599 g/mol. The normalized spacial score (nSPS) is 14.8. The Balaban J connectivity index is 4.46. The Morgan fingerprint density at radius 2 is 1.20 bits per heavy atom. The molecule has 1 amide bonds. The molecule has 0 saturated heterocycles. The van der Waals surface area contributed by atoms with Gasteiger partial charge in [-0.05, 0) is 38.5 Å². The first-order valence-corrected chi connectivity index (χ1v) is 20.5. The molecule has 0 saturated carbocycles. The van der Waals surface area contributed by atoms with E-state index in [4.69, 9.17) is 9.05 Å². The average Bonchev–Trinajstić information content (AvgIpc) is 2.99. The molecule has 46 heavy (non-hydrogen) atoms. The van der Waals surface area contributed by atoms with E-state index in [9.17, 15) is 19.4 Å². The average molecular weight is 675 g/mol. The zero-order valence-electron chi connectivity index (χ0n) is 30.8. The molecule has 0 fully saturated rings. The summed E-state index contributed by atoms with van der Waals surface area (Å²) < 4.78 is 23.1. The summed E-state index contributed by atoms with van der Waals surface area (Å²) in [7, 11) is 1.30. The third-order valence-corrected chi connectivity index (χ3v) is 9.47. The molecule has 0 aliphatic rings. The third kappa shape index (κ3) is 31.8. The van der Waals surface area contributed by atoms with Crippen molar-refractivity contribution < 1.29 is 32.9 Å². The van der Waals surface area contributed by atoms with E-state index in [1.165, 1.54) is 89.9 Å². The van der Waals surface area contributed by atoms with E-state index < -0.39 is 20.0 Å². The number of allylic oxidation sites excluding steroid dienone is 2. The fourth-order valence-electron chi connectivity index (χ4n) is 5.38. The lowest BCUT2D eigenvalue weighted by atomic mass is 10.0. The first-order valence-electron chi connectivity index (χ1n) is 19.0. The Hall–Kier alpha value is -0.760. The number of unbranched alkanes of at least 4 members (excludes halogenated alkanes) is 19. The SMILES string of the molecule is CCCCCCC/C=C\CCCCCCCC(=O)NC(COP(=O)([O-])OCC[N+](C)(C)C)C(O)CCCCCCCCCCCC. The number of rotatable bonds is 34. The van der Waals surface area contributed by atoms with Gasteiger partial charge in [-0.2, -0.15) is 0 Å². The van der Waals surface area contributed by atoms with Crippen LogP contribution in [0.25, 0.3) is 0 Å². The summed E-state index contributed by atoms with van der Waals surface area (Å²) in [6, 6.07) is -0.797. The molecule has 0 bridgehead atoms. The highest BCUT2D eigenvalue weighted by Gasteiger charge is 2.24. The molecule has 0 aromatic heterocycles. The number of phosphoric acid groups is 1. The number of amides is 1. The van der Waals surface area contributed by atoms with Crippen molar-refractivity contribution >= 4 is 13.7 Å². The zero-order valence-corrected chi connectivity index (χ0v) is 31.7. The van der Waals surface area contributed by atoms with E-state index >= 15 is 0 Å². The van der Waals surface area contributed by atoms with Crippen LogP contribution in [0.5, 0.6) is 0 Å². The number of nitrogens with zero attached hydrogens (tertiary/aromatic N) is 1. The number of carbonyl (C=O) groups is 1. The molecular formula is C37H75N2O6P. The molecule has 3 atom stereocenters. The number of aliphatic hydroxyl groups is 1. The maximum Gasteiger partial charge on any atom is 0.268 e. The Morgan fingerprint density at radius 3 is 1.70 bits per heavy atom. The molecule has 0 spiro atoms. The molecule has 0 aromatic rings. The van der Waals surface area contributed by atoms with Gasteiger partial charge in [0.2, 0.25) is 5.91 Å². The smallest absolute Gasteiger partial charge is 0.268 e. The standard InChI is InChI=1S/C37H75N2O6P/c1-6-8-10-12-14-16-18-19-20-21-23-25-27-29-31-37(41)38-35(34-45-46(42,43)44-33-32-39(3,4)5)36(40)30-28-26-24-22-17-15-13-11-9-7-2/h18-19,35-36,40H,6-17,20-34H2,1-5H3,(H-,38,41,42,43)/b19-18-. The first-order chi connectivity index (χ1) is 22.0. The molecule has 3 unspecified atom stereocenters. The van der Waals surface area contributed by atoms with Crippen molar-refractivity contribution in [1.82, 2.24) is 5.32 Å². The molecule has 0 aliphatic carbocycles. The summed E-state index contributed by atoms with van der Waals surface area (Å²) in [5.74, 6) is -0.177. The predicted molar refractivity (Wildman–Crippen MR) is 192 cm³/mol. The second-order valence-electron chi connectivity index (χ2n) is 14.3. The van der Waals surface area contributed by atoms with Crippen LogP contribution in [0, 0.1) is 0 Å². The summed E-state index contributed by atoms with van der Waals surface area (Å²) in [5.41, 5.74) is 0. The highest BCUT2D eigenvalue weighted by molar-refractivity contribution is 7.45. The minimum absolute atomic E-state index is 0.0118. The largest absolute Gasteiger partial charge is 0.756 e. The fraction of sp³-hybridized carbons (Fsp3) is 0.919. The number of aliphatic hydroxyl groups excluding tert-OH is 1. The number of phosphoric ester groups is 1. The van der Waals surface area contributed by atoms with Crippen molar-refractivity contribution in [2.75, 3.05) is 40.9 Å². The van der Waals surface area contributed by atoms with Gasteiger partial charge in [0, 0.05) is 6.42 Å². The monoisotopic (exact) mass is 675 g/mol. The first kappa shape index (κ1) is 45.2. The molecule has 9 heteroatoms. The van der Waals surface area contributed by atoms with Crippen molar-refractivity contribution in [3.63, 3.8) is 0 Å². The quantitative estimate of drug-likeness (QED) is 0.0305. The molecule has 274 valence electrons. The van der Waals surface area contributed by atoms with Gasteiger partial charge in [0.05, 0.1) is 39.9 Å². The number of carbonyl (C=O) groups excluding carboxylic acids is 1. The lowest BCUT2D eigenvalue weighted by Crippen LogP contribution is -2.46. The van der Waals surface area contributed by atoms with Crippen LogP contribution >= 0.6 is 7.82 Å². The van der Waals surface area contributed by atoms with Gasteiger partial charge in [-0.15, -0.1) is 0 Å². The molecule has 8 nitrogen and oxygen atoms in total. The minimum atomic E-state index is -4.55. The maximum absolute atomic E-state index is 12.8. The fourth-order valence-corrected chi connectivity index (χ4v) is 6.11. The summed E-state index contributed by atoms with van der Waals surface area (Å²) in [4.78, 5) is 25.1. The van der Waals surface area contributed by atoms with Gasteiger partial charge in [0.25, 0.3) is 7.82 Å². The molecule has 0 heterocycles. The number of likely N-dealkylation sites (N-methyl/N-ethyl adjacent to an activating group) is 1. The molecule has 0 aliphatic heterocycles. The van der Waals surface area contributed by atoms with Crippen molar-refractivity contribution in [3.05, 3.63) is 12.2 Å². The van der Waals surface area contributed by atoms with Crippen molar-refractivity contribution in [1.29, 1.82) is 0 Å². The second kappa shape index (κ2) is 30.3. The lowest BCUT2D eigenvalue weighted by Gasteiger charge is -2.30. The van der Waals surface area contributed by atoms with E-state index in [1.807, 2.05) is 21.1 Å². The maximum atomic E-state index is 12.8. The third-order valence-electron chi connectivity index (χ3n) is 8.50. The van der Waals surface area contributed by atoms with Crippen LogP contribution in [0.15, 0.2) is 12.2 Å². The zero-order chi connectivity index (χ0) is 34.4. The van der Waals surface area contributed by atoms with Crippen LogP contribution in [0.1, 0.15) is 168 Å². The molecule has 0 radical (unpaired) electrons. The Bertz CT molecular complexity index is 773. The summed E-state index contributed by atoms with van der Waals surface area (Å²) in [6.45, 7) is 4.67. The highest BCUT2D eigenvalue weighted by atomic mass is 31.2. The number of hydrogen-bond donors (Lipinski definition) is 2. The summed E-state index contributed by atoms with van der Waals surface area (Å²) in [5, 5.41) is 13.8. The van der Waals surface area contributed by atoms with Gasteiger partial charge in [-0.25, -0.2) is 0 Å². The molecule has 0 aromatic carbocycles. The Labute approximate surface area is 284 Å². The van der Waals surface area contributed by atoms with Gasteiger partial charge in [-0.3, -0.25) is 9.36 Å². The minimum Gasteiger partial charge on any atom is -0.756 e. The topological polar surface area (TPSA) is 108 Å². The van der Waals surface area contributed by atoms with Crippen molar-refractivity contribution in [3.8, 4) is 0 Å². The van der Waals surface area contributed by atoms with Crippen LogP contribution in [0.3, 0.4) is 0 Å². The van der Waals surface area contributed by atoms with E-state index in [1.54, 1.807) is 0 Å². The van der Waals surface area contributed by atoms with Crippen LogP contribution in [-0.4, -0.2) is 68.5 Å². The van der Waals surface area contributed by atoms with Crippen LogP contribution in [0.2, 0.25) is 0 Å². The van der Waals surface area contributed by atoms with E-state index in [0.29, 0.717) is 23.9 Å². The van der Waals surface area contributed by atoms with Gasteiger partial charge >= 0.3 is 0 Å². The van der Waals surface area contributed by atoms with Gasteiger partial charge in [-0.1, -0.05) is 135 Å². The van der Waals surface area contributed by atoms with Gasteiger partial charge < -0.3 is 28.8 Å². The van der Waals surface area contributed by atoms with Gasteiger partial charge in [0.15, 0.2) is 0 Å². The summed E-state index contributed by atoms with van der Waals surface area (Å²) >= 11 is 0.